The maximum atomic E-state index is 11.6. The molecule has 0 aliphatic rings. The molecule has 18 heavy (non-hydrogen) atoms. The van der Waals surface area contributed by atoms with Crippen LogP contribution in [0.3, 0.4) is 0 Å². The highest BCUT2D eigenvalue weighted by Gasteiger charge is 2.11. The molecule has 100 valence electrons. The predicted octanol–water partition coefficient (Wildman–Crippen LogP) is 1.78. The quantitative estimate of drug-likeness (QED) is 0.740. The monoisotopic (exact) mass is 272 g/mol. The van der Waals surface area contributed by atoms with E-state index in [0.717, 1.165) is 12.8 Å². The van der Waals surface area contributed by atoms with E-state index in [-0.39, 0.29) is 12.0 Å². The van der Waals surface area contributed by atoms with Gasteiger partial charge >= 0.3 is 0 Å². The maximum Gasteiger partial charge on any atom is 0.240 e. The fourth-order valence-corrected chi connectivity index (χ4v) is 1.50. The van der Waals surface area contributed by atoms with Gasteiger partial charge in [-0.05, 0) is 18.6 Å². The predicted molar refractivity (Wildman–Crippen MR) is 69.1 cm³/mol. The molecule has 0 aliphatic heterocycles. The lowest BCUT2D eigenvalue weighted by molar-refractivity contribution is -0.123. The van der Waals surface area contributed by atoms with Crippen molar-refractivity contribution in [2.45, 2.75) is 32.3 Å². The van der Waals surface area contributed by atoms with Crippen molar-refractivity contribution in [2.24, 2.45) is 0 Å². The zero-order valence-electron chi connectivity index (χ0n) is 10.4. The lowest BCUT2D eigenvalue weighted by Crippen LogP contribution is -2.33. The van der Waals surface area contributed by atoms with Gasteiger partial charge in [0, 0.05) is 7.11 Å². The molecule has 0 saturated carbocycles. The van der Waals surface area contributed by atoms with Gasteiger partial charge < -0.3 is 4.74 Å². The van der Waals surface area contributed by atoms with Gasteiger partial charge in [-0.3, -0.25) is 15.6 Å². The second-order valence-corrected chi connectivity index (χ2v) is 4.15. The number of methoxy groups -OCH3 is 1. The zero-order valence-corrected chi connectivity index (χ0v) is 11.2. The lowest BCUT2D eigenvalue weighted by Gasteiger charge is -2.14. The van der Waals surface area contributed by atoms with Crippen molar-refractivity contribution < 1.29 is 9.53 Å². The first-order valence-electron chi connectivity index (χ1n) is 5.72. The molecule has 1 atom stereocenters. The van der Waals surface area contributed by atoms with Crippen LogP contribution in [0.25, 0.3) is 0 Å². The van der Waals surface area contributed by atoms with Crippen LogP contribution in [0, 0.1) is 0 Å². The van der Waals surface area contributed by atoms with Crippen molar-refractivity contribution in [1.82, 2.24) is 15.6 Å². The van der Waals surface area contributed by atoms with Gasteiger partial charge in [0.25, 0.3) is 0 Å². The highest BCUT2D eigenvalue weighted by Crippen LogP contribution is 2.07. The van der Waals surface area contributed by atoms with Crippen molar-refractivity contribution in [3.05, 3.63) is 17.3 Å². The maximum absolute atomic E-state index is 11.6. The lowest BCUT2D eigenvalue weighted by atomic mass is 10.1. The van der Waals surface area contributed by atoms with Gasteiger partial charge in [-0.1, -0.05) is 24.9 Å². The fourth-order valence-electron chi connectivity index (χ4n) is 1.40. The number of ether oxygens (including phenoxy) is 1. The third-order valence-electron chi connectivity index (χ3n) is 2.32. The molecule has 0 fully saturated rings. The molecular weight excluding hydrogens is 256 g/mol. The Balaban J connectivity index is 2.34. The molecule has 0 saturated heterocycles. The van der Waals surface area contributed by atoms with Gasteiger partial charge in [-0.25, -0.2) is 0 Å². The van der Waals surface area contributed by atoms with Gasteiger partial charge in [0.1, 0.15) is 0 Å². The zero-order chi connectivity index (χ0) is 13.4. The summed E-state index contributed by atoms with van der Waals surface area (Å²) in [5.74, 6) is 0.268. The van der Waals surface area contributed by atoms with Gasteiger partial charge in [-0.15, -0.1) is 10.2 Å². The topological polar surface area (TPSA) is 76.1 Å². The number of hydrazine groups is 1. The molecule has 1 rings (SSSR count). The summed E-state index contributed by atoms with van der Waals surface area (Å²) < 4.78 is 5.20. The Kier molecular flexibility index (Phi) is 6.38. The highest BCUT2D eigenvalue weighted by molar-refractivity contribution is 6.29. The van der Waals surface area contributed by atoms with Crippen molar-refractivity contribution >= 4 is 23.3 Å². The number of aromatic nitrogens is 2. The van der Waals surface area contributed by atoms with Crippen LogP contribution in [0.1, 0.15) is 26.2 Å². The van der Waals surface area contributed by atoms with Crippen molar-refractivity contribution in [2.75, 3.05) is 12.5 Å². The summed E-state index contributed by atoms with van der Waals surface area (Å²) in [5.41, 5.74) is 5.18. The van der Waals surface area contributed by atoms with E-state index in [1.807, 2.05) is 6.92 Å². The number of amides is 1. The standard InChI is InChI=1S/C11H17ClN4O2/c1-3-4-8(18-2)7-11(17)16-15-10-6-5-9(12)13-14-10/h5-6,8H,3-4,7H2,1-2H3,(H,14,15)(H,16,17). The number of halogens is 1. The first-order chi connectivity index (χ1) is 8.65. The molecule has 7 heteroatoms. The minimum Gasteiger partial charge on any atom is -0.381 e. The number of hydrogen-bond donors (Lipinski definition) is 2. The number of rotatable bonds is 7. The average molecular weight is 273 g/mol. The SMILES string of the molecule is CCCC(CC(=O)NNc1ccc(Cl)nn1)OC. The number of nitrogens with zero attached hydrogens (tertiary/aromatic N) is 2. The molecule has 0 bridgehead atoms. The molecule has 1 heterocycles. The Hall–Kier alpha value is -1.40. The van der Waals surface area contributed by atoms with E-state index in [4.69, 9.17) is 16.3 Å². The van der Waals surface area contributed by atoms with Crippen LogP contribution >= 0.6 is 11.6 Å². The molecule has 0 aliphatic carbocycles. The largest absolute Gasteiger partial charge is 0.381 e. The summed E-state index contributed by atoms with van der Waals surface area (Å²) in [4.78, 5) is 11.6. The van der Waals surface area contributed by atoms with Crippen LogP contribution in [0.5, 0.6) is 0 Å². The van der Waals surface area contributed by atoms with E-state index in [0.29, 0.717) is 17.4 Å². The number of nitrogens with one attached hydrogen (secondary N) is 2. The number of carbonyl (C=O) groups is 1. The smallest absolute Gasteiger partial charge is 0.240 e. The molecule has 1 aromatic rings. The van der Waals surface area contributed by atoms with E-state index >= 15 is 0 Å². The van der Waals surface area contributed by atoms with Crippen LogP contribution in [0.15, 0.2) is 12.1 Å². The van der Waals surface area contributed by atoms with E-state index in [1.54, 1.807) is 19.2 Å². The van der Waals surface area contributed by atoms with Gasteiger partial charge in [0.2, 0.25) is 5.91 Å². The summed E-state index contributed by atoms with van der Waals surface area (Å²) in [6.45, 7) is 2.05. The molecule has 1 unspecified atom stereocenters. The third-order valence-corrected chi connectivity index (χ3v) is 2.52. The highest BCUT2D eigenvalue weighted by atomic mass is 35.5. The molecule has 0 radical (unpaired) electrons. The third kappa shape index (κ3) is 5.29. The van der Waals surface area contributed by atoms with Crippen LogP contribution in [-0.4, -0.2) is 29.3 Å². The number of carbonyl (C=O) groups excluding carboxylic acids is 1. The molecule has 0 aromatic carbocycles. The van der Waals surface area contributed by atoms with Crippen molar-refractivity contribution in [3.8, 4) is 0 Å². The minimum absolute atomic E-state index is 0.0619. The first kappa shape index (κ1) is 14.7. The summed E-state index contributed by atoms with van der Waals surface area (Å²) in [5, 5.41) is 7.69. The second kappa shape index (κ2) is 7.84. The molecule has 1 amide bonds. The molecule has 6 nitrogen and oxygen atoms in total. The first-order valence-corrected chi connectivity index (χ1v) is 6.10. The van der Waals surface area contributed by atoms with E-state index < -0.39 is 0 Å². The Morgan fingerprint density at radius 2 is 2.28 bits per heavy atom. The normalized spacial score (nSPS) is 11.9. The fraction of sp³-hybridized carbons (Fsp3) is 0.545. The number of anilines is 1. The van der Waals surface area contributed by atoms with Crippen LogP contribution in [-0.2, 0) is 9.53 Å². The van der Waals surface area contributed by atoms with E-state index in [9.17, 15) is 4.79 Å². The minimum atomic E-state index is -0.160. The molecule has 2 N–H and O–H groups in total. The molecule has 0 spiro atoms. The Morgan fingerprint density at radius 1 is 1.50 bits per heavy atom. The van der Waals surface area contributed by atoms with Gasteiger partial charge in [0.05, 0.1) is 12.5 Å². The van der Waals surface area contributed by atoms with Gasteiger partial charge in [0.15, 0.2) is 11.0 Å². The molecule has 1 aromatic heterocycles. The van der Waals surface area contributed by atoms with Crippen LogP contribution in [0.2, 0.25) is 5.15 Å². The summed E-state index contributed by atoms with van der Waals surface area (Å²) in [6.07, 6.45) is 2.07. The van der Waals surface area contributed by atoms with E-state index in [2.05, 4.69) is 21.0 Å². The Morgan fingerprint density at radius 3 is 2.83 bits per heavy atom. The Bertz CT molecular complexity index is 372. The Labute approximate surface area is 111 Å². The molecular formula is C11H17ClN4O2. The van der Waals surface area contributed by atoms with Crippen molar-refractivity contribution in [1.29, 1.82) is 0 Å². The van der Waals surface area contributed by atoms with Crippen LogP contribution in [0.4, 0.5) is 5.82 Å². The summed E-state index contributed by atoms with van der Waals surface area (Å²) in [6, 6.07) is 3.20. The van der Waals surface area contributed by atoms with E-state index in [1.165, 1.54) is 0 Å². The van der Waals surface area contributed by atoms with Crippen LogP contribution < -0.4 is 10.9 Å². The summed E-state index contributed by atoms with van der Waals surface area (Å²) in [7, 11) is 1.60. The summed E-state index contributed by atoms with van der Waals surface area (Å²) >= 11 is 5.59. The van der Waals surface area contributed by atoms with Crippen molar-refractivity contribution in [3.63, 3.8) is 0 Å². The second-order valence-electron chi connectivity index (χ2n) is 3.76. The van der Waals surface area contributed by atoms with Gasteiger partial charge in [-0.2, -0.15) is 0 Å². The average Bonchev–Trinajstić information content (AvgIpc) is 2.37. The number of hydrogen-bond acceptors (Lipinski definition) is 5.